The average Bonchev–Trinajstić information content (AvgIpc) is 3.14. The second-order valence-corrected chi connectivity index (χ2v) is 6.66. The van der Waals surface area contributed by atoms with Crippen molar-refractivity contribution in [3.8, 4) is 0 Å². The van der Waals surface area contributed by atoms with Crippen LogP contribution in [0.25, 0.3) is 10.9 Å². The van der Waals surface area contributed by atoms with Crippen LogP contribution in [0, 0.1) is 5.82 Å². The Morgan fingerprint density at radius 1 is 1.13 bits per heavy atom. The van der Waals surface area contributed by atoms with Crippen LogP contribution in [0.1, 0.15) is 21.5 Å². The Kier molecular flexibility index (Phi) is 5.55. The summed E-state index contributed by atoms with van der Waals surface area (Å²) in [6, 6.07) is 7.93. The van der Waals surface area contributed by atoms with Crippen LogP contribution in [-0.4, -0.2) is 63.2 Å². The maximum Gasteiger partial charge on any atom is 0.256 e. The maximum atomic E-state index is 14.6. The fourth-order valence-corrected chi connectivity index (χ4v) is 3.52. The molecule has 1 aromatic heterocycles. The van der Waals surface area contributed by atoms with Crippen molar-refractivity contribution in [1.29, 1.82) is 0 Å². The number of hydrogen-bond acceptors (Lipinski definition) is 6. The van der Waals surface area contributed by atoms with Crippen molar-refractivity contribution in [3.05, 3.63) is 71.4 Å². The number of carbonyl (C=O) groups is 1. The smallest absolute Gasteiger partial charge is 0.256 e. The zero-order valence-corrected chi connectivity index (χ0v) is 16.0. The number of halogens is 1. The largest absolute Gasteiger partial charge is 0.395 e. The van der Waals surface area contributed by atoms with Crippen LogP contribution >= 0.6 is 0 Å². The molecule has 154 valence electrons. The van der Waals surface area contributed by atoms with E-state index in [4.69, 9.17) is 0 Å². The fourth-order valence-electron chi connectivity index (χ4n) is 3.52. The molecule has 3 aromatic rings. The molecule has 1 aliphatic rings. The van der Waals surface area contributed by atoms with E-state index < -0.39 is 5.82 Å². The number of nitrogens with one attached hydrogen (secondary N) is 2. The van der Waals surface area contributed by atoms with Gasteiger partial charge in [-0.25, -0.2) is 4.39 Å². The summed E-state index contributed by atoms with van der Waals surface area (Å²) in [5.41, 5.74) is 2.64. The molecule has 0 radical (unpaired) electrons. The van der Waals surface area contributed by atoms with Crippen molar-refractivity contribution in [3.63, 3.8) is 0 Å². The Morgan fingerprint density at radius 2 is 1.90 bits per heavy atom. The van der Waals surface area contributed by atoms with Crippen molar-refractivity contribution in [2.24, 2.45) is 4.99 Å². The highest BCUT2D eigenvalue weighted by molar-refractivity contribution is 6.22. The first kappa shape index (κ1) is 19.7. The van der Waals surface area contributed by atoms with Crippen LogP contribution in [0.15, 0.2) is 53.9 Å². The number of amides is 1. The number of aliphatic hydroxyl groups is 2. The predicted molar refractivity (Wildman–Crippen MR) is 111 cm³/mol. The first-order valence-corrected chi connectivity index (χ1v) is 9.41. The highest BCUT2D eigenvalue weighted by Crippen LogP contribution is 2.33. The summed E-state index contributed by atoms with van der Waals surface area (Å²) in [6.45, 7) is -0.341. The minimum atomic E-state index is -0.431. The van der Waals surface area contributed by atoms with Crippen LogP contribution in [0.4, 0.5) is 10.1 Å². The maximum absolute atomic E-state index is 14.6. The number of rotatable bonds is 6. The zero-order valence-electron chi connectivity index (χ0n) is 16.0. The molecule has 4 N–H and O–H groups in total. The van der Waals surface area contributed by atoms with E-state index in [-0.39, 0.29) is 37.8 Å². The second-order valence-electron chi connectivity index (χ2n) is 6.66. The quantitative estimate of drug-likeness (QED) is 0.496. The number of carbonyl (C=O) groups excluding carboxylic acids is 1. The Morgan fingerprint density at radius 3 is 2.63 bits per heavy atom. The molecule has 4 rings (SSSR count). The van der Waals surface area contributed by atoms with Crippen molar-refractivity contribution in [2.75, 3.05) is 31.6 Å². The Bertz CT molecular complexity index is 1150. The number of anilines is 1. The van der Waals surface area contributed by atoms with Crippen molar-refractivity contribution < 1.29 is 19.4 Å². The molecule has 0 atom stereocenters. The van der Waals surface area contributed by atoms with E-state index >= 15 is 0 Å². The normalized spacial score (nSPS) is 12.8. The lowest BCUT2D eigenvalue weighted by atomic mass is 9.95. The van der Waals surface area contributed by atoms with Gasteiger partial charge >= 0.3 is 0 Å². The van der Waals surface area contributed by atoms with E-state index in [1.807, 2.05) is 0 Å². The molecule has 1 aliphatic heterocycles. The molecule has 0 aliphatic carbocycles. The van der Waals surface area contributed by atoms with Crippen molar-refractivity contribution in [1.82, 2.24) is 15.1 Å². The third-order valence-corrected chi connectivity index (χ3v) is 4.88. The highest BCUT2D eigenvalue weighted by Gasteiger charge is 2.25. The first-order valence-electron chi connectivity index (χ1n) is 9.41. The fraction of sp³-hybridized carbons (Fsp3) is 0.190. The molecular formula is C21H20FN5O3. The number of aliphatic hydroxyl groups excluding tert-OH is 2. The minimum Gasteiger partial charge on any atom is -0.395 e. The Balaban J connectivity index is 1.93. The third kappa shape index (κ3) is 3.44. The number of aromatic amines is 1. The molecule has 2 heterocycles. The lowest BCUT2D eigenvalue weighted by molar-refractivity contribution is 0.0686. The molecule has 0 saturated heterocycles. The Hall–Kier alpha value is -3.56. The van der Waals surface area contributed by atoms with Crippen molar-refractivity contribution >= 4 is 28.2 Å². The number of nitrogens with zero attached hydrogens (tertiary/aromatic N) is 3. The number of fused-ring (bicyclic) bond motifs is 3. The first-order chi connectivity index (χ1) is 14.7. The lowest BCUT2D eigenvalue weighted by Crippen LogP contribution is -2.36. The topological polar surface area (TPSA) is 114 Å². The summed E-state index contributed by atoms with van der Waals surface area (Å²) in [4.78, 5) is 19.0. The van der Waals surface area contributed by atoms with Gasteiger partial charge in [0.15, 0.2) is 0 Å². The molecular weight excluding hydrogens is 389 g/mol. The monoisotopic (exact) mass is 409 g/mol. The molecule has 30 heavy (non-hydrogen) atoms. The van der Waals surface area contributed by atoms with Gasteiger partial charge in [-0.3, -0.25) is 14.9 Å². The van der Waals surface area contributed by atoms with Crippen LogP contribution in [0.3, 0.4) is 0 Å². The molecule has 0 unspecified atom stereocenters. The number of H-pyrrole nitrogens is 1. The summed E-state index contributed by atoms with van der Waals surface area (Å²) < 4.78 is 14.6. The van der Waals surface area contributed by atoms with Gasteiger partial charge < -0.3 is 20.4 Å². The van der Waals surface area contributed by atoms with Gasteiger partial charge in [0.2, 0.25) is 0 Å². The molecule has 0 spiro atoms. The molecule has 8 nitrogen and oxygen atoms in total. The van der Waals surface area contributed by atoms with Gasteiger partial charge in [-0.1, -0.05) is 12.1 Å². The van der Waals surface area contributed by atoms with Gasteiger partial charge in [-0.05, 0) is 18.2 Å². The van der Waals surface area contributed by atoms with E-state index in [1.165, 1.54) is 17.2 Å². The summed E-state index contributed by atoms with van der Waals surface area (Å²) in [5, 5.41) is 29.3. The van der Waals surface area contributed by atoms with Crippen molar-refractivity contribution in [2.45, 2.75) is 0 Å². The molecule has 0 fully saturated rings. The number of aromatic nitrogens is 2. The zero-order chi connectivity index (χ0) is 21.1. The molecule has 2 aromatic carbocycles. The van der Waals surface area contributed by atoms with Gasteiger partial charge in [-0.15, -0.1) is 0 Å². The summed E-state index contributed by atoms with van der Waals surface area (Å²) in [6.07, 6.45) is 4.74. The average molecular weight is 409 g/mol. The SMILES string of the molecule is O=C(c1cc2c(c3cn[nH]c13)NC=CN=C2c1ccccc1F)N(CCO)CCO. The van der Waals surface area contributed by atoms with Gasteiger partial charge in [0, 0.05) is 42.0 Å². The summed E-state index contributed by atoms with van der Waals surface area (Å²) in [5.74, 6) is -0.819. The van der Waals surface area contributed by atoms with Crippen LogP contribution < -0.4 is 5.32 Å². The van der Waals surface area contributed by atoms with E-state index in [2.05, 4.69) is 20.5 Å². The van der Waals surface area contributed by atoms with E-state index in [1.54, 1.807) is 36.7 Å². The lowest BCUT2D eigenvalue weighted by Gasteiger charge is -2.22. The van der Waals surface area contributed by atoms with E-state index in [0.717, 1.165) is 0 Å². The van der Waals surface area contributed by atoms with Gasteiger partial charge in [-0.2, -0.15) is 5.10 Å². The minimum absolute atomic E-state index is 0.0696. The summed E-state index contributed by atoms with van der Waals surface area (Å²) in [7, 11) is 0. The van der Waals surface area contributed by atoms with Crippen LogP contribution in [-0.2, 0) is 0 Å². The summed E-state index contributed by atoms with van der Waals surface area (Å²) >= 11 is 0. The van der Waals surface area contributed by atoms with Gasteiger partial charge in [0.05, 0.1) is 41.9 Å². The number of benzene rings is 2. The molecule has 9 heteroatoms. The second kappa shape index (κ2) is 8.44. The highest BCUT2D eigenvalue weighted by atomic mass is 19.1. The van der Waals surface area contributed by atoms with Crippen LogP contribution in [0.5, 0.6) is 0 Å². The number of hydrogen-bond donors (Lipinski definition) is 4. The third-order valence-electron chi connectivity index (χ3n) is 4.88. The molecule has 0 bridgehead atoms. The van der Waals surface area contributed by atoms with Crippen LogP contribution in [0.2, 0.25) is 0 Å². The van der Waals surface area contributed by atoms with E-state index in [9.17, 15) is 19.4 Å². The van der Waals surface area contributed by atoms with Gasteiger partial charge in [0.25, 0.3) is 5.91 Å². The predicted octanol–water partition coefficient (Wildman–Crippen LogP) is 1.86. The van der Waals surface area contributed by atoms with Gasteiger partial charge in [0.1, 0.15) is 5.82 Å². The standard InChI is InChI=1S/C21H20FN5O3/c22-17-4-2-1-3-13(17)18-14-11-15(21(30)27(7-9-28)8-10-29)20-16(12-25-26-20)19(14)24-6-5-23-18/h1-6,11-12,24,28-29H,7-10H2,(H,25,26). The van der Waals surface area contributed by atoms with E-state index in [0.29, 0.717) is 33.4 Å². The number of aliphatic imine (C=N–C) groups is 1. The Labute approximate surface area is 171 Å². The molecule has 1 amide bonds. The molecule has 0 saturated carbocycles.